The normalized spacial score (nSPS) is 18.3. The first kappa shape index (κ1) is 22.6. The highest BCUT2D eigenvalue weighted by Crippen LogP contribution is 2.29. The molecule has 2 aromatic carbocycles. The van der Waals surface area contributed by atoms with E-state index in [1.165, 1.54) is 24.3 Å². The molecule has 0 radical (unpaired) electrons. The molecule has 2 N–H and O–H groups in total. The van der Waals surface area contributed by atoms with E-state index in [0.717, 1.165) is 10.5 Å². The van der Waals surface area contributed by atoms with Gasteiger partial charge in [-0.3, -0.25) is 33.6 Å². The first-order chi connectivity index (χ1) is 15.7. The maximum Gasteiger partial charge on any atom is 0.297 e. The van der Waals surface area contributed by atoms with Crippen molar-refractivity contribution in [2.45, 2.75) is 30.7 Å². The Hall–Kier alpha value is -3.57. The number of nitrogens with one attached hydrogen (secondary N) is 2. The van der Waals surface area contributed by atoms with Crippen molar-refractivity contribution in [2.75, 3.05) is 18.5 Å². The number of hydrogen-bond acceptors (Lipinski definition) is 8. The molecule has 1 fully saturated rings. The number of rotatable bonds is 7. The molecule has 4 rings (SSSR count). The Kier molecular flexibility index (Phi) is 6.00. The molecule has 33 heavy (non-hydrogen) atoms. The van der Waals surface area contributed by atoms with Gasteiger partial charge < -0.3 is 5.32 Å². The van der Waals surface area contributed by atoms with Crippen LogP contribution in [0.2, 0.25) is 0 Å². The number of fused-ring (bicyclic) bond motifs is 1. The molecule has 2 aliphatic heterocycles. The van der Waals surface area contributed by atoms with Gasteiger partial charge in [0.05, 0.1) is 22.6 Å². The van der Waals surface area contributed by atoms with Crippen LogP contribution in [0.3, 0.4) is 0 Å². The summed E-state index contributed by atoms with van der Waals surface area (Å²) < 4.78 is 29.5. The zero-order valence-corrected chi connectivity index (χ0v) is 18.5. The standard InChI is InChI=1S/C22H21N3O7S/c1-13-2-5-15(6-3-13)33(30,31)32-11-10-23-14-4-7-16-17(12-14)22(29)25(21(16)28)18-8-9-19(26)24-20(18)27/h2-7,12,18,23H,8-11H2,1H3,(H,24,26,27). The molecule has 10 nitrogen and oxygen atoms in total. The van der Waals surface area contributed by atoms with Gasteiger partial charge in [-0.05, 0) is 43.7 Å². The Morgan fingerprint density at radius 3 is 2.42 bits per heavy atom. The number of anilines is 1. The third-order valence-corrected chi connectivity index (χ3v) is 6.75. The van der Waals surface area contributed by atoms with Crippen LogP contribution < -0.4 is 10.6 Å². The molecule has 2 heterocycles. The van der Waals surface area contributed by atoms with E-state index < -0.39 is 39.8 Å². The van der Waals surface area contributed by atoms with Crippen molar-refractivity contribution < 1.29 is 31.8 Å². The van der Waals surface area contributed by atoms with Crippen molar-refractivity contribution in [3.05, 3.63) is 59.2 Å². The molecular weight excluding hydrogens is 450 g/mol. The van der Waals surface area contributed by atoms with Gasteiger partial charge in [-0.15, -0.1) is 0 Å². The number of nitrogens with zero attached hydrogens (tertiary/aromatic N) is 1. The fourth-order valence-corrected chi connectivity index (χ4v) is 4.61. The van der Waals surface area contributed by atoms with Gasteiger partial charge in [0.2, 0.25) is 11.8 Å². The van der Waals surface area contributed by atoms with Crippen LogP contribution in [0.1, 0.15) is 39.1 Å². The third kappa shape index (κ3) is 4.50. The van der Waals surface area contributed by atoms with E-state index in [0.29, 0.717) is 5.69 Å². The summed E-state index contributed by atoms with van der Waals surface area (Å²) in [5.41, 5.74) is 1.70. The maximum absolute atomic E-state index is 12.8. The molecule has 0 spiro atoms. The second-order valence-electron chi connectivity index (χ2n) is 7.72. The Labute approximate surface area is 190 Å². The monoisotopic (exact) mass is 471 g/mol. The van der Waals surface area contributed by atoms with Gasteiger partial charge in [0.1, 0.15) is 6.04 Å². The van der Waals surface area contributed by atoms with Crippen LogP contribution >= 0.6 is 0 Å². The molecule has 11 heteroatoms. The number of hydrogen-bond donors (Lipinski definition) is 2. The van der Waals surface area contributed by atoms with E-state index in [2.05, 4.69) is 10.6 Å². The number of carbonyl (C=O) groups is 4. The zero-order valence-electron chi connectivity index (χ0n) is 17.7. The Balaban J connectivity index is 1.39. The summed E-state index contributed by atoms with van der Waals surface area (Å²) in [7, 11) is -3.89. The Morgan fingerprint density at radius 2 is 1.73 bits per heavy atom. The summed E-state index contributed by atoms with van der Waals surface area (Å²) in [6.45, 7) is 1.83. The van der Waals surface area contributed by atoms with Crippen molar-refractivity contribution in [3.8, 4) is 0 Å². The maximum atomic E-state index is 12.8. The highest BCUT2D eigenvalue weighted by molar-refractivity contribution is 7.86. The number of piperidine rings is 1. The predicted molar refractivity (Wildman–Crippen MR) is 116 cm³/mol. The topological polar surface area (TPSA) is 139 Å². The number of benzene rings is 2. The molecule has 4 amide bonds. The largest absolute Gasteiger partial charge is 0.383 e. The van der Waals surface area contributed by atoms with Crippen LogP contribution in [0.4, 0.5) is 5.69 Å². The van der Waals surface area contributed by atoms with E-state index in [4.69, 9.17) is 4.18 Å². The van der Waals surface area contributed by atoms with Crippen LogP contribution in [-0.2, 0) is 23.9 Å². The first-order valence-corrected chi connectivity index (χ1v) is 11.6. The van der Waals surface area contributed by atoms with Crippen LogP contribution in [0.25, 0.3) is 0 Å². The lowest BCUT2D eigenvalue weighted by molar-refractivity contribution is -0.136. The SMILES string of the molecule is Cc1ccc(S(=O)(=O)OCCNc2ccc3c(c2)C(=O)N(C2CCC(=O)NC2=O)C3=O)cc1. The molecule has 0 aliphatic carbocycles. The number of aryl methyl sites for hydroxylation is 1. The summed E-state index contributed by atoms with van der Waals surface area (Å²) in [6.07, 6.45) is 0.121. The fourth-order valence-electron chi connectivity index (χ4n) is 3.70. The quantitative estimate of drug-likeness (QED) is 0.349. The van der Waals surface area contributed by atoms with Crippen molar-refractivity contribution in [1.82, 2.24) is 10.2 Å². The smallest absolute Gasteiger partial charge is 0.297 e. The molecule has 1 saturated heterocycles. The highest BCUT2D eigenvalue weighted by Gasteiger charge is 2.44. The van der Waals surface area contributed by atoms with Crippen LogP contribution in [0.5, 0.6) is 0 Å². The minimum Gasteiger partial charge on any atom is -0.383 e. The lowest BCUT2D eigenvalue weighted by Crippen LogP contribution is -2.54. The lowest BCUT2D eigenvalue weighted by atomic mass is 10.0. The van der Waals surface area contributed by atoms with Gasteiger partial charge in [-0.25, -0.2) is 0 Å². The van der Waals surface area contributed by atoms with Crippen molar-refractivity contribution in [3.63, 3.8) is 0 Å². The van der Waals surface area contributed by atoms with Gasteiger partial charge in [-0.2, -0.15) is 8.42 Å². The molecular formula is C22H21N3O7S. The van der Waals surface area contributed by atoms with Crippen LogP contribution in [0, 0.1) is 6.92 Å². The minimum absolute atomic E-state index is 0.0438. The van der Waals surface area contributed by atoms with Gasteiger partial charge in [-0.1, -0.05) is 17.7 Å². The molecule has 0 saturated carbocycles. The summed E-state index contributed by atoms with van der Waals surface area (Å²) in [6, 6.07) is 9.76. The third-order valence-electron chi connectivity index (χ3n) is 5.42. The van der Waals surface area contributed by atoms with E-state index in [-0.39, 0.29) is 42.0 Å². The van der Waals surface area contributed by atoms with Gasteiger partial charge in [0, 0.05) is 18.7 Å². The molecule has 0 aromatic heterocycles. The highest BCUT2D eigenvalue weighted by atomic mass is 32.2. The minimum atomic E-state index is -3.89. The fraction of sp³-hybridized carbons (Fsp3) is 0.273. The number of imide groups is 2. The van der Waals surface area contributed by atoms with E-state index in [1.54, 1.807) is 18.2 Å². The van der Waals surface area contributed by atoms with Crippen LogP contribution in [-0.4, -0.2) is 56.1 Å². The summed E-state index contributed by atoms with van der Waals surface area (Å²) in [5, 5.41) is 5.10. The van der Waals surface area contributed by atoms with Gasteiger partial charge in [0.15, 0.2) is 0 Å². The zero-order chi connectivity index (χ0) is 23.8. The first-order valence-electron chi connectivity index (χ1n) is 10.2. The summed E-state index contributed by atoms with van der Waals surface area (Å²) in [4.78, 5) is 50.0. The van der Waals surface area contributed by atoms with E-state index in [1.807, 2.05) is 6.92 Å². The molecule has 1 unspecified atom stereocenters. The second-order valence-corrected chi connectivity index (χ2v) is 9.34. The molecule has 1 atom stereocenters. The average molecular weight is 471 g/mol. The van der Waals surface area contributed by atoms with Crippen molar-refractivity contribution in [2.24, 2.45) is 0 Å². The Bertz CT molecular complexity index is 1260. The van der Waals surface area contributed by atoms with Crippen molar-refractivity contribution >= 4 is 39.4 Å². The number of carbonyl (C=O) groups excluding carboxylic acids is 4. The second kappa shape index (κ2) is 8.75. The van der Waals surface area contributed by atoms with Gasteiger partial charge >= 0.3 is 0 Å². The number of amides is 4. The van der Waals surface area contributed by atoms with E-state index in [9.17, 15) is 27.6 Å². The Morgan fingerprint density at radius 1 is 1.03 bits per heavy atom. The predicted octanol–water partition coefficient (Wildman–Crippen LogP) is 1.21. The van der Waals surface area contributed by atoms with E-state index >= 15 is 0 Å². The lowest BCUT2D eigenvalue weighted by Gasteiger charge is -2.27. The molecule has 172 valence electrons. The van der Waals surface area contributed by atoms with Crippen LogP contribution in [0.15, 0.2) is 47.4 Å². The summed E-state index contributed by atoms with van der Waals surface area (Å²) >= 11 is 0. The molecule has 2 aromatic rings. The van der Waals surface area contributed by atoms with Gasteiger partial charge in [0.25, 0.3) is 21.9 Å². The molecule has 0 bridgehead atoms. The van der Waals surface area contributed by atoms with Crippen molar-refractivity contribution in [1.29, 1.82) is 0 Å². The average Bonchev–Trinajstić information content (AvgIpc) is 3.02. The molecule has 2 aliphatic rings. The summed E-state index contributed by atoms with van der Waals surface area (Å²) in [5.74, 6) is -2.33.